The van der Waals surface area contributed by atoms with Crippen LogP contribution in [0.25, 0.3) is 0 Å². The van der Waals surface area contributed by atoms with E-state index in [0.717, 1.165) is 4.90 Å². The number of rotatable bonds is 7. The van der Waals surface area contributed by atoms with Crippen LogP contribution in [0.2, 0.25) is 0 Å². The van der Waals surface area contributed by atoms with E-state index in [0.29, 0.717) is 19.3 Å². The Bertz CT molecular complexity index is 281. The molecule has 0 rings (SSSR count). The van der Waals surface area contributed by atoms with Gasteiger partial charge in [-0.2, -0.15) is 13.2 Å². The summed E-state index contributed by atoms with van der Waals surface area (Å²) >= 11 is 0. The molecular formula is C13H25F3N2O. The fraction of sp³-hybridized carbons (Fsp3) is 0.923. The second kappa shape index (κ2) is 7.12. The zero-order valence-corrected chi connectivity index (χ0v) is 12.2. The molecule has 0 unspecified atom stereocenters. The minimum atomic E-state index is -4.36. The normalized spacial score (nSPS) is 12.9. The summed E-state index contributed by atoms with van der Waals surface area (Å²) < 4.78 is 37.7. The summed E-state index contributed by atoms with van der Waals surface area (Å²) in [6, 6.07) is -0.366. The summed E-state index contributed by atoms with van der Waals surface area (Å²) in [5.74, 6) is -0.468. The summed E-state index contributed by atoms with van der Waals surface area (Å²) in [5.41, 5.74) is 5.21. The topological polar surface area (TPSA) is 46.3 Å². The molecule has 0 aliphatic carbocycles. The Morgan fingerprint density at radius 3 is 2.00 bits per heavy atom. The number of hydrogen-bond acceptors (Lipinski definition) is 2. The molecule has 0 saturated heterocycles. The maximum atomic E-state index is 12.6. The van der Waals surface area contributed by atoms with Gasteiger partial charge in [0.05, 0.1) is 0 Å². The number of alkyl halides is 3. The number of nitrogens with two attached hydrogens (primary N) is 1. The second-order valence-corrected chi connectivity index (χ2v) is 5.60. The molecule has 2 N–H and O–H groups in total. The lowest BCUT2D eigenvalue weighted by Gasteiger charge is -2.32. The van der Waals surface area contributed by atoms with E-state index in [-0.39, 0.29) is 12.5 Å². The van der Waals surface area contributed by atoms with Gasteiger partial charge in [0.15, 0.2) is 0 Å². The summed E-state index contributed by atoms with van der Waals surface area (Å²) in [7, 11) is 0. The van der Waals surface area contributed by atoms with Crippen molar-refractivity contribution in [2.75, 3.05) is 6.54 Å². The summed E-state index contributed by atoms with van der Waals surface area (Å²) in [6.45, 7) is 5.91. The Morgan fingerprint density at radius 2 is 1.68 bits per heavy atom. The highest BCUT2D eigenvalue weighted by molar-refractivity contribution is 5.76. The van der Waals surface area contributed by atoms with Crippen LogP contribution in [0.1, 0.15) is 53.4 Å². The van der Waals surface area contributed by atoms with Crippen LogP contribution in [0.4, 0.5) is 13.2 Å². The van der Waals surface area contributed by atoms with Gasteiger partial charge in [-0.25, -0.2) is 0 Å². The third-order valence-corrected chi connectivity index (χ3v) is 3.04. The van der Waals surface area contributed by atoms with Crippen LogP contribution in [-0.2, 0) is 4.79 Å². The maximum absolute atomic E-state index is 12.6. The number of halogens is 3. The van der Waals surface area contributed by atoms with Gasteiger partial charge >= 0.3 is 6.18 Å². The molecule has 0 spiro atoms. The van der Waals surface area contributed by atoms with E-state index >= 15 is 0 Å². The lowest BCUT2D eigenvalue weighted by Crippen LogP contribution is -2.46. The fourth-order valence-electron chi connectivity index (χ4n) is 1.92. The molecule has 0 radical (unpaired) electrons. The van der Waals surface area contributed by atoms with Gasteiger partial charge in [-0.1, -0.05) is 13.8 Å². The van der Waals surface area contributed by atoms with E-state index < -0.39 is 24.2 Å². The van der Waals surface area contributed by atoms with Crippen molar-refractivity contribution in [2.24, 2.45) is 5.73 Å². The molecule has 114 valence electrons. The smallest absolute Gasteiger partial charge is 0.331 e. The van der Waals surface area contributed by atoms with Gasteiger partial charge in [-0.3, -0.25) is 4.79 Å². The average molecular weight is 282 g/mol. The van der Waals surface area contributed by atoms with Crippen molar-refractivity contribution >= 4 is 5.91 Å². The van der Waals surface area contributed by atoms with Gasteiger partial charge in [0, 0.05) is 18.0 Å². The van der Waals surface area contributed by atoms with Crippen LogP contribution in [-0.4, -0.2) is 35.1 Å². The summed E-state index contributed by atoms with van der Waals surface area (Å²) in [6.07, 6.45) is -2.90. The lowest BCUT2D eigenvalue weighted by atomic mass is 9.99. The SMILES string of the molecule is CCC(CC)N(CC(F)(F)F)C(=O)CCC(C)(C)N. The summed E-state index contributed by atoms with van der Waals surface area (Å²) in [4.78, 5) is 12.9. The van der Waals surface area contributed by atoms with Gasteiger partial charge in [0.25, 0.3) is 0 Å². The van der Waals surface area contributed by atoms with Crippen molar-refractivity contribution in [3.8, 4) is 0 Å². The zero-order valence-electron chi connectivity index (χ0n) is 12.2. The first-order valence-corrected chi connectivity index (χ1v) is 6.65. The molecule has 0 atom stereocenters. The van der Waals surface area contributed by atoms with Crippen molar-refractivity contribution < 1.29 is 18.0 Å². The molecule has 0 aromatic carbocycles. The minimum Gasteiger partial charge on any atom is -0.331 e. The zero-order chi connectivity index (χ0) is 15.3. The van der Waals surface area contributed by atoms with Crippen LogP contribution in [0.5, 0.6) is 0 Å². The van der Waals surface area contributed by atoms with Crippen LogP contribution in [0.15, 0.2) is 0 Å². The first-order valence-electron chi connectivity index (χ1n) is 6.65. The van der Waals surface area contributed by atoms with Crippen molar-refractivity contribution in [3.05, 3.63) is 0 Å². The molecule has 0 aliphatic heterocycles. The Hall–Kier alpha value is -0.780. The molecule has 0 bridgehead atoms. The highest BCUT2D eigenvalue weighted by Crippen LogP contribution is 2.22. The molecular weight excluding hydrogens is 257 g/mol. The predicted molar refractivity (Wildman–Crippen MR) is 69.6 cm³/mol. The van der Waals surface area contributed by atoms with Crippen LogP contribution < -0.4 is 5.73 Å². The van der Waals surface area contributed by atoms with Gasteiger partial charge in [-0.15, -0.1) is 0 Å². The van der Waals surface area contributed by atoms with Crippen molar-refractivity contribution in [2.45, 2.75) is 71.1 Å². The Kier molecular flexibility index (Phi) is 6.83. The van der Waals surface area contributed by atoms with E-state index in [1.54, 1.807) is 27.7 Å². The molecule has 0 aliphatic rings. The van der Waals surface area contributed by atoms with Crippen molar-refractivity contribution in [3.63, 3.8) is 0 Å². The predicted octanol–water partition coefficient (Wildman–Crippen LogP) is 3.08. The molecule has 0 aromatic rings. The number of amides is 1. The van der Waals surface area contributed by atoms with Gasteiger partial charge in [0.2, 0.25) is 5.91 Å². The van der Waals surface area contributed by atoms with E-state index in [4.69, 9.17) is 5.73 Å². The van der Waals surface area contributed by atoms with Crippen LogP contribution in [0, 0.1) is 0 Å². The van der Waals surface area contributed by atoms with Crippen LogP contribution >= 0.6 is 0 Å². The van der Waals surface area contributed by atoms with E-state index in [1.807, 2.05) is 0 Å². The highest BCUT2D eigenvalue weighted by Gasteiger charge is 2.35. The minimum absolute atomic E-state index is 0.0517. The Labute approximate surface area is 113 Å². The molecule has 6 heteroatoms. The molecule has 3 nitrogen and oxygen atoms in total. The third-order valence-electron chi connectivity index (χ3n) is 3.04. The standard InChI is InChI=1S/C13H25F3N2O/c1-5-10(6-2)18(9-13(14,15)16)11(19)7-8-12(3,4)17/h10H,5-9,17H2,1-4H3. The van der Waals surface area contributed by atoms with Crippen molar-refractivity contribution in [1.29, 1.82) is 0 Å². The molecule has 19 heavy (non-hydrogen) atoms. The number of nitrogens with zero attached hydrogens (tertiary/aromatic N) is 1. The Balaban J connectivity index is 4.77. The molecule has 1 amide bonds. The Morgan fingerprint density at radius 1 is 1.21 bits per heavy atom. The molecule has 0 aromatic heterocycles. The quantitative estimate of drug-likeness (QED) is 0.780. The average Bonchev–Trinajstić information content (AvgIpc) is 2.23. The van der Waals surface area contributed by atoms with Gasteiger partial charge < -0.3 is 10.6 Å². The first-order chi connectivity index (χ1) is 8.50. The monoisotopic (exact) mass is 282 g/mol. The number of hydrogen-bond donors (Lipinski definition) is 1. The highest BCUT2D eigenvalue weighted by atomic mass is 19.4. The summed E-state index contributed by atoms with van der Waals surface area (Å²) in [5, 5.41) is 0. The largest absolute Gasteiger partial charge is 0.406 e. The fourth-order valence-corrected chi connectivity index (χ4v) is 1.92. The maximum Gasteiger partial charge on any atom is 0.406 e. The van der Waals surface area contributed by atoms with E-state index in [2.05, 4.69) is 0 Å². The second-order valence-electron chi connectivity index (χ2n) is 5.60. The van der Waals surface area contributed by atoms with Crippen LogP contribution in [0.3, 0.4) is 0 Å². The molecule has 0 heterocycles. The van der Waals surface area contributed by atoms with Crippen molar-refractivity contribution in [1.82, 2.24) is 4.90 Å². The lowest BCUT2D eigenvalue weighted by molar-refractivity contribution is -0.166. The molecule has 0 fully saturated rings. The molecule has 0 saturated carbocycles. The van der Waals surface area contributed by atoms with E-state index in [1.165, 1.54) is 0 Å². The number of carbonyl (C=O) groups is 1. The third kappa shape index (κ3) is 8.08. The van der Waals surface area contributed by atoms with Gasteiger partial charge in [-0.05, 0) is 33.1 Å². The van der Waals surface area contributed by atoms with E-state index in [9.17, 15) is 18.0 Å². The van der Waals surface area contributed by atoms with Gasteiger partial charge in [0.1, 0.15) is 6.54 Å². The number of carbonyl (C=O) groups excluding carboxylic acids is 1. The first kappa shape index (κ1) is 18.2.